The normalized spacial score (nSPS) is 23.3. The summed E-state index contributed by atoms with van der Waals surface area (Å²) in [5.41, 5.74) is -3.56. The number of halogens is 3. The smallest absolute Gasteiger partial charge is 0.416 e. The Kier molecular flexibility index (Phi) is 6.51. The summed E-state index contributed by atoms with van der Waals surface area (Å²) in [5, 5.41) is 0.230. The van der Waals surface area contributed by atoms with Gasteiger partial charge < -0.3 is 18.6 Å². The molecule has 0 amide bonds. The van der Waals surface area contributed by atoms with E-state index in [9.17, 15) is 27.6 Å². The quantitative estimate of drug-likeness (QED) is 0.323. The van der Waals surface area contributed by atoms with Crippen LogP contribution in [-0.4, -0.2) is 17.5 Å². The Morgan fingerprint density at radius 1 is 1.02 bits per heavy atom. The predicted octanol–water partition coefficient (Wildman–Crippen LogP) is 6.12. The molecule has 2 bridgehead atoms. The van der Waals surface area contributed by atoms with E-state index in [0.717, 1.165) is 12.1 Å². The Balaban J connectivity index is 1.49. The number of esters is 2. The number of fused-ring (bicyclic) bond motifs is 3. The number of hydrogen-bond acceptors (Lipinski definition) is 7. The molecule has 1 aliphatic carbocycles. The fourth-order valence-electron chi connectivity index (χ4n) is 5.71. The molecule has 0 radical (unpaired) electrons. The van der Waals surface area contributed by atoms with Gasteiger partial charge in [0, 0.05) is 17.9 Å². The Labute approximate surface area is 228 Å². The summed E-state index contributed by atoms with van der Waals surface area (Å²) in [6.45, 7) is 6.60. The van der Waals surface area contributed by atoms with Crippen LogP contribution in [0.1, 0.15) is 63.0 Å². The van der Waals surface area contributed by atoms with Crippen molar-refractivity contribution in [2.24, 2.45) is 10.8 Å². The van der Waals surface area contributed by atoms with Crippen molar-refractivity contribution in [2.75, 3.05) is 0 Å². The van der Waals surface area contributed by atoms with E-state index in [2.05, 4.69) is 0 Å². The molecule has 2 aliphatic rings. The molecule has 3 aromatic rings. The van der Waals surface area contributed by atoms with Crippen molar-refractivity contribution in [2.45, 2.75) is 71.9 Å². The van der Waals surface area contributed by atoms with Gasteiger partial charge in [-0.1, -0.05) is 32.9 Å². The second kappa shape index (κ2) is 9.38. The summed E-state index contributed by atoms with van der Waals surface area (Å²) in [5.74, 6) is -0.599. The molecule has 1 aromatic heterocycles. The van der Waals surface area contributed by atoms with Gasteiger partial charge in [-0.15, -0.1) is 0 Å². The Morgan fingerprint density at radius 2 is 1.77 bits per heavy atom. The highest BCUT2D eigenvalue weighted by atomic mass is 19.4. The zero-order chi connectivity index (χ0) is 29.1. The first-order chi connectivity index (χ1) is 18.7. The number of hydrogen-bond donors (Lipinski definition) is 0. The van der Waals surface area contributed by atoms with Crippen LogP contribution in [0.4, 0.5) is 13.2 Å². The van der Waals surface area contributed by atoms with Gasteiger partial charge in [-0.05, 0) is 49.6 Å². The lowest BCUT2D eigenvalue weighted by molar-refractivity contribution is -0.184. The average Bonchev–Trinajstić information content (AvgIpc) is 3.20. The van der Waals surface area contributed by atoms with E-state index in [-0.39, 0.29) is 46.5 Å². The molecule has 2 heterocycles. The summed E-state index contributed by atoms with van der Waals surface area (Å²) in [6, 6.07) is 9.11. The second-order valence-corrected chi connectivity index (χ2v) is 11.1. The van der Waals surface area contributed by atoms with Crippen LogP contribution in [-0.2, 0) is 44.9 Å². The van der Waals surface area contributed by atoms with Crippen molar-refractivity contribution in [3.05, 3.63) is 75.1 Å². The highest BCUT2D eigenvalue weighted by Gasteiger charge is 2.76. The Hall–Kier alpha value is -3.82. The minimum Gasteiger partial charge on any atom is -0.488 e. The fraction of sp³-hybridized carbons (Fsp3) is 0.433. The molecule has 2 aromatic carbocycles. The molecule has 10 heteroatoms. The standard InChI is InChI=1S/C30H29F3O7/c1-5-19-14-22(34)20-9-10-23(37-15-17-7-6-8-18(13-17)30(31,32)33)21(24(20)39-19)16-38-26(36)29-12-11-28(4,25(35)40-29)27(29,2)3/h6-10,13-14H,5,11-12,15-16H2,1-4H3/t28-,29+/m0/s1. The molecule has 1 saturated carbocycles. The molecule has 7 nitrogen and oxygen atoms in total. The van der Waals surface area contributed by atoms with Crippen LogP contribution in [0.3, 0.4) is 0 Å². The van der Waals surface area contributed by atoms with Crippen LogP contribution < -0.4 is 10.2 Å². The summed E-state index contributed by atoms with van der Waals surface area (Å²) < 4.78 is 62.8. The van der Waals surface area contributed by atoms with E-state index in [1.807, 2.05) is 6.92 Å². The first-order valence-corrected chi connectivity index (χ1v) is 13.0. The van der Waals surface area contributed by atoms with Crippen molar-refractivity contribution in [1.82, 2.24) is 0 Å². The highest BCUT2D eigenvalue weighted by molar-refractivity contribution is 5.93. The molecule has 0 unspecified atom stereocenters. The topological polar surface area (TPSA) is 92.0 Å². The monoisotopic (exact) mass is 558 g/mol. The van der Waals surface area contributed by atoms with Gasteiger partial charge in [0.15, 0.2) is 5.43 Å². The summed E-state index contributed by atoms with van der Waals surface area (Å²) in [6.07, 6.45) is -3.30. The Bertz CT molecular complexity index is 1570. The van der Waals surface area contributed by atoms with E-state index < -0.39 is 40.1 Å². The van der Waals surface area contributed by atoms with Gasteiger partial charge in [0.1, 0.15) is 30.3 Å². The third-order valence-electron chi connectivity index (χ3n) is 8.77. The van der Waals surface area contributed by atoms with Crippen LogP contribution in [0.25, 0.3) is 11.0 Å². The molecular weight excluding hydrogens is 529 g/mol. The van der Waals surface area contributed by atoms with Crippen LogP contribution in [0.5, 0.6) is 5.75 Å². The van der Waals surface area contributed by atoms with Crippen LogP contribution >= 0.6 is 0 Å². The molecule has 40 heavy (non-hydrogen) atoms. The first kappa shape index (κ1) is 27.7. The lowest BCUT2D eigenvalue weighted by Crippen LogP contribution is -2.48. The van der Waals surface area contributed by atoms with E-state index in [1.54, 1.807) is 20.8 Å². The second-order valence-electron chi connectivity index (χ2n) is 11.1. The van der Waals surface area contributed by atoms with Crippen LogP contribution in [0, 0.1) is 10.8 Å². The molecule has 2 fully saturated rings. The van der Waals surface area contributed by atoms with E-state index in [1.165, 1.54) is 30.3 Å². The largest absolute Gasteiger partial charge is 0.488 e. The van der Waals surface area contributed by atoms with Gasteiger partial charge in [-0.2, -0.15) is 13.2 Å². The maximum atomic E-state index is 13.5. The maximum absolute atomic E-state index is 13.5. The van der Waals surface area contributed by atoms with Gasteiger partial charge in [0.25, 0.3) is 0 Å². The lowest BCUT2D eigenvalue weighted by Gasteiger charge is -2.34. The third-order valence-corrected chi connectivity index (χ3v) is 8.77. The SMILES string of the molecule is CCc1cc(=O)c2ccc(OCc3cccc(C(F)(F)F)c3)c(COC(=O)[C@@]34CC[C@@](C)(C(=O)O3)C4(C)C)c2o1. The van der Waals surface area contributed by atoms with Gasteiger partial charge in [-0.25, -0.2) is 4.79 Å². The zero-order valence-electron chi connectivity index (χ0n) is 22.6. The van der Waals surface area contributed by atoms with Crippen LogP contribution in [0.15, 0.2) is 51.7 Å². The number of carbonyl (C=O) groups is 2. The molecule has 5 rings (SSSR count). The van der Waals surface area contributed by atoms with Gasteiger partial charge in [0.05, 0.1) is 21.9 Å². The fourth-order valence-corrected chi connectivity index (χ4v) is 5.71. The van der Waals surface area contributed by atoms with Crippen molar-refractivity contribution in [1.29, 1.82) is 0 Å². The molecule has 2 atom stereocenters. The van der Waals surface area contributed by atoms with Crippen LogP contribution in [0.2, 0.25) is 0 Å². The number of aryl methyl sites for hydroxylation is 1. The summed E-state index contributed by atoms with van der Waals surface area (Å²) >= 11 is 0. The molecular formula is C30H29F3O7. The van der Waals surface area contributed by atoms with E-state index in [4.69, 9.17) is 18.6 Å². The first-order valence-electron chi connectivity index (χ1n) is 13.0. The van der Waals surface area contributed by atoms with Crippen molar-refractivity contribution < 1.29 is 41.4 Å². The average molecular weight is 559 g/mol. The van der Waals surface area contributed by atoms with Gasteiger partial charge in [-0.3, -0.25) is 9.59 Å². The molecule has 212 valence electrons. The van der Waals surface area contributed by atoms with E-state index in [0.29, 0.717) is 25.0 Å². The zero-order valence-corrected chi connectivity index (χ0v) is 22.6. The minimum absolute atomic E-state index is 0.148. The number of benzene rings is 2. The van der Waals surface area contributed by atoms with Crippen molar-refractivity contribution >= 4 is 22.9 Å². The number of alkyl halides is 3. The number of ether oxygens (including phenoxy) is 3. The predicted molar refractivity (Wildman–Crippen MR) is 137 cm³/mol. The number of carbonyl (C=O) groups excluding carboxylic acids is 2. The molecule has 0 N–H and O–H groups in total. The molecule has 1 aliphatic heterocycles. The van der Waals surface area contributed by atoms with E-state index >= 15 is 0 Å². The van der Waals surface area contributed by atoms with Crippen molar-refractivity contribution in [3.63, 3.8) is 0 Å². The molecule has 0 spiro atoms. The summed E-state index contributed by atoms with van der Waals surface area (Å²) in [7, 11) is 0. The molecule has 1 saturated heterocycles. The Morgan fingerprint density at radius 3 is 2.40 bits per heavy atom. The van der Waals surface area contributed by atoms with Crippen molar-refractivity contribution in [3.8, 4) is 5.75 Å². The highest BCUT2D eigenvalue weighted by Crippen LogP contribution is 2.65. The maximum Gasteiger partial charge on any atom is 0.416 e. The third kappa shape index (κ3) is 4.15. The number of rotatable bonds is 7. The van der Waals surface area contributed by atoms with Gasteiger partial charge >= 0.3 is 18.1 Å². The minimum atomic E-state index is -4.51. The van der Waals surface area contributed by atoms with Gasteiger partial charge in [0.2, 0.25) is 5.60 Å². The lowest BCUT2D eigenvalue weighted by atomic mass is 9.66. The summed E-state index contributed by atoms with van der Waals surface area (Å²) in [4.78, 5) is 38.9.